The van der Waals surface area contributed by atoms with Gasteiger partial charge in [0.1, 0.15) is 31.1 Å². The molecule has 3 aromatic carbocycles. The number of benzene rings is 3. The maximum atomic E-state index is 13.6. The van der Waals surface area contributed by atoms with Crippen molar-refractivity contribution < 1.29 is 37.1 Å². The van der Waals surface area contributed by atoms with Crippen molar-refractivity contribution in [2.24, 2.45) is 0 Å². The number of hydrogen-bond donors (Lipinski definition) is 2. The maximum Gasteiger partial charge on any atom is 0.262 e. The highest BCUT2D eigenvalue weighted by Crippen LogP contribution is 2.39. The fourth-order valence-electron chi connectivity index (χ4n) is 10.1. The summed E-state index contributed by atoms with van der Waals surface area (Å²) in [4.78, 5) is 67.3. The molecule has 0 spiro atoms. The molecule has 69 heavy (non-hydrogen) atoms. The molecule has 1 unspecified atom stereocenters. The highest BCUT2D eigenvalue weighted by atomic mass is 35.5. The summed E-state index contributed by atoms with van der Waals surface area (Å²) in [5, 5.41) is 11.8. The van der Waals surface area contributed by atoms with Crippen LogP contribution in [0.1, 0.15) is 95.5 Å². The van der Waals surface area contributed by atoms with E-state index in [0.717, 1.165) is 60.7 Å². The van der Waals surface area contributed by atoms with Gasteiger partial charge in [-0.15, -0.1) is 11.6 Å². The van der Waals surface area contributed by atoms with E-state index >= 15 is 0 Å². The van der Waals surface area contributed by atoms with Gasteiger partial charge in [-0.05, 0) is 105 Å². The number of alkyl halides is 1. The molecule has 362 valence electrons. The number of amides is 4. The van der Waals surface area contributed by atoms with E-state index in [1.54, 1.807) is 30.3 Å². The molecule has 0 bridgehead atoms. The highest BCUT2D eigenvalue weighted by molar-refractivity contribution is 7.93. The number of rotatable bonds is 15. The summed E-state index contributed by atoms with van der Waals surface area (Å²) in [6.07, 6.45) is 4.69. The first-order valence-corrected chi connectivity index (χ1v) is 25.7. The van der Waals surface area contributed by atoms with Crippen LogP contribution in [0.3, 0.4) is 0 Å². The minimum Gasteiger partial charge on any atom is -0.489 e. The molecule has 20 heteroatoms. The van der Waals surface area contributed by atoms with Crippen LogP contribution < -0.4 is 24.4 Å². The Morgan fingerprint density at radius 2 is 1.55 bits per heavy atom. The van der Waals surface area contributed by atoms with Crippen LogP contribution >= 0.6 is 23.2 Å². The third-order valence-electron chi connectivity index (χ3n) is 14.2. The van der Waals surface area contributed by atoms with Crippen LogP contribution in [0.25, 0.3) is 0 Å². The summed E-state index contributed by atoms with van der Waals surface area (Å²) in [6, 6.07) is 20.0. The van der Waals surface area contributed by atoms with Crippen LogP contribution in [0.15, 0.2) is 66.9 Å². The predicted molar refractivity (Wildman–Crippen MR) is 258 cm³/mol. The first kappa shape index (κ1) is 48.2. The molecule has 4 saturated heterocycles. The Balaban J connectivity index is 0.712. The molecule has 6 heterocycles. The van der Waals surface area contributed by atoms with Crippen LogP contribution in [0.2, 0.25) is 5.02 Å². The molecule has 0 radical (unpaired) electrons. The topological polar surface area (TPSA) is 207 Å². The quantitative estimate of drug-likeness (QED) is 0.112. The first-order valence-electron chi connectivity index (χ1n) is 23.2. The molecule has 5 aliphatic heterocycles. The summed E-state index contributed by atoms with van der Waals surface area (Å²) in [6.45, 7) is 9.23. The Kier molecular flexibility index (Phi) is 13.9. The normalized spacial score (nSPS) is 20.1. The molecule has 4 fully saturated rings. The average Bonchev–Trinajstić information content (AvgIpc) is 3.57. The second-order valence-electron chi connectivity index (χ2n) is 18.7. The Morgan fingerprint density at radius 1 is 0.855 bits per heavy atom. The van der Waals surface area contributed by atoms with E-state index in [0.29, 0.717) is 65.8 Å². The number of sulfonamides is 1. The first-order chi connectivity index (χ1) is 33.1. The molecular weight excluding hydrogens is 946 g/mol. The van der Waals surface area contributed by atoms with Gasteiger partial charge in [-0.25, -0.2) is 18.4 Å². The van der Waals surface area contributed by atoms with Crippen molar-refractivity contribution >= 4 is 68.5 Å². The smallest absolute Gasteiger partial charge is 0.262 e. The van der Waals surface area contributed by atoms with Gasteiger partial charge in [-0.1, -0.05) is 37.6 Å². The SMILES string of the molecule is CC(C)(c1ccc(OCc2ccnc(NS(=O)(=O)C3CCN(C4CCN(C5CN(c6ccc7c(c6)C(=O)N(C6CCC(=O)NC6=O)C7=O)C5)CC4)CC3)n2)cc1)c1cc(Cl)c(OCCCl)c(C#N)c1. The maximum absolute atomic E-state index is 13.6. The summed E-state index contributed by atoms with van der Waals surface area (Å²) in [5.41, 5.74) is 3.55. The number of nitrogens with one attached hydrogen (secondary N) is 2. The van der Waals surface area contributed by atoms with Gasteiger partial charge in [0.05, 0.1) is 38.5 Å². The van der Waals surface area contributed by atoms with E-state index in [9.17, 15) is 32.9 Å². The van der Waals surface area contributed by atoms with Gasteiger partial charge in [0.15, 0.2) is 5.75 Å². The van der Waals surface area contributed by atoms with E-state index in [1.165, 1.54) is 6.20 Å². The van der Waals surface area contributed by atoms with Crippen LogP contribution in [0.5, 0.6) is 11.5 Å². The Hall–Kier alpha value is -5.84. The largest absolute Gasteiger partial charge is 0.489 e. The molecule has 2 N–H and O–H groups in total. The predicted octanol–water partition coefficient (Wildman–Crippen LogP) is 5.48. The van der Waals surface area contributed by atoms with Crippen molar-refractivity contribution in [3.05, 3.63) is 105 Å². The van der Waals surface area contributed by atoms with Crippen LogP contribution in [-0.2, 0) is 31.6 Å². The molecule has 0 saturated carbocycles. The summed E-state index contributed by atoms with van der Waals surface area (Å²) >= 11 is 12.3. The molecule has 17 nitrogen and oxygen atoms in total. The fraction of sp³-hybridized carbons (Fsp3) is 0.449. The minimum atomic E-state index is -3.75. The number of aromatic nitrogens is 2. The van der Waals surface area contributed by atoms with Crippen LogP contribution in [0.4, 0.5) is 11.6 Å². The number of piperidine rings is 3. The van der Waals surface area contributed by atoms with Gasteiger partial charge in [-0.3, -0.25) is 39.0 Å². The van der Waals surface area contributed by atoms with Crippen molar-refractivity contribution in [1.29, 1.82) is 5.26 Å². The number of carbonyl (C=O) groups excluding carboxylic acids is 4. The lowest BCUT2D eigenvalue weighted by molar-refractivity contribution is -0.136. The summed E-state index contributed by atoms with van der Waals surface area (Å²) in [5.74, 6) is -0.868. The number of imide groups is 2. The van der Waals surface area contributed by atoms with Gasteiger partial charge in [0.25, 0.3) is 11.8 Å². The lowest BCUT2D eigenvalue weighted by atomic mass is 9.77. The van der Waals surface area contributed by atoms with Crippen molar-refractivity contribution in [3.8, 4) is 17.6 Å². The molecule has 9 rings (SSSR count). The lowest BCUT2D eigenvalue weighted by Gasteiger charge is -2.50. The van der Waals surface area contributed by atoms with E-state index in [1.807, 2.05) is 44.2 Å². The Bertz CT molecular complexity index is 2800. The van der Waals surface area contributed by atoms with E-state index in [-0.39, 0.29) is 49.0 Å². The van der Waals surface area contributed by atoms with E-state index in [4.69, 9.17) is 32.7 Å². The molecule has 0 aliphatic carbocycles. The van der Waals surface area contributed by atoms with Crippen molar-refractivity contribution in [2.75, 3.05) is 61.4 Å². The number of halogens is 2. The van der Waals surface area contributed by atoms with Crippen molar-refractivity contribution in [2.45, 2.75) is 87.8 Å². The number of nitriles is 1. The standard InChI is InChI=1S/C49H53Cl2N9O8S/c1-49(2,32-23-30(26-52)44(41(51)24-32)67-22-16-50)31-3-6-37(7-4-31)68-29-33-11-17-53-48(54-33)56-69(65,66)38-14-20-57(21-15-38)34-12-18-58(19-13-34)36-27-59(28-36)35-5-8-39-40(25-35)47(64)60(46(39)63)42-9-10-43(61)55-45(42)62/h3-8,11,17,23-25,34,36,38,42H,9-10,12-16,18-22,27-29H2,1-2H3,(H,53,54,56)(H,55,61,62). The number of carbonyl (C=O) groups is 4. The second-order valence-corrected chi connectivity index (χ2v) is 21.4. The zero-order valence-electron chi connectivity index (χ0n) is 38.3. The monoisotopic (exact) mass is 997 g/mol. The summed E-state index contributed by atoms with van der Waals surface area (Å²) in [7, 11) is -3.75. The van der Waals surface area contributed by atoms with Crippen molar-refractivity contribution in [1.82, 2.24) is 30.0 Å². The number of likely N-dealkylation sites (tertiary alicyclic amines) is 2. The number of anilines is 2. The number of hydrogen-bond acceptors (Lipinski definition) is 14. The Labute approximate surface area is 411 Å². The third-order valence-corrected chi connectivity index (χ3v) is 16.5. The number of fused-ring (bicyclic) bond motifs is 1. The summed E-state index contributed by atoms with van der Waals surface area (Å²) < 4.78 is 41.5. The average molecular weight is 999 g/mol. The third kappa shape index (κ3) is 9.98. The Morgan fingerprint density at radius 3 is 2.25 bits per heavy atom. The highest BCUT2D eigenvalue weighted by Gasteiger charge is 2.45. The van der Waals surface area contributed by atoms with E-state index < -0.39 is 50.4 Å². The zero-order chi connectivity index (χ0) is 48.6. The van der Waals surface area contributed by atoms with Crippen molar-refractivity contribution in [3.63, 3.8) is 0 Å². The van der Waals surface area contributed by atoms with Crippen LogP contribution in [-0.4, -0.2) is 132 Å². The molecule has 1 aromatic heterocycles. The van der Waals surface area contributed by atoms with Gasteiger partial charge >= 0.3 is 0 Å². The fourth-order valence-corrected chi connectivity index (χ4v) is 11.8. The van der Waals surface area contributed by atoms with Gasteiger partial charge in [0.2, 0.25) is 27.8 Å². The second kappa shape index (κ2) is 19.9. The molecule has 5 aliphatic rings. The number of ether oxygens (including phenoxy) is 2. The molecule has 1 atom stereocenters. The molecular formula is C49H53Cl2N9O8S. The lowest BCUT2D eigenvalue weighted by Crippen LogP contribution is -2.62. The molecule has 4 amide bonds. The number of nitrogens with zero attached hydrogens (tertiary/aromatic N) is 7. The van der Waals surface area contributed by atoms with E-state index in [2.05, 4.69) is 40.8 Å². The molecule has 4 aromatic rings. The van der Waals surface area contributed by atoms with Gasteiger partial charge in [-0.2, -0.15) is 5.26 Å². The van der Waals surface area contributed by atoms with Gasteiger partial charge in [0, 0.05) is 62.0 Å². The van der Waals surface area contributed by atoms with Crippen LogP contribution in [0, 0.1) is 11.3 Å². The van der Waals surface area contributed by atoms with Gasteiger partial charge < -0.3 is 19.3 Å². The minimum absolute atomic E-state index is 0.00298. The zero-order valence-corrected chi connectivity index (χ0v) is 40.7.